The van der Waals surface area contributed by atoms with Crippen LogP contribution in [0.4, 0.5) is 0 Å². The van der Waals surface area contributed by atoms with Gasteiger partial charge in [-0.3, -0.25) is 4.79 Å². The van der Waals surface area contributed by atoms with Gasteiger partial charge in [0, 0.05) is 12.1 Å². The van der Waals surface area contributed by atoms with Crippen LogP contribution in [-0.2, 0) is 11.3 Å². The largest absolute Gasteiger partial charge is 0.484 e. The average molecular weight is 351 g/mol. The predicted molar refractivity (Wildman–Crippen MR) is 97.5 cm³/mol. The fraction of sp³-hybridized carbons (Fsp3) is 0.250. The van der Waals surface area contributed by atoms with Gasteiger partial charge in [-0.2, -0.15) is 4.98 Å². The lowest BCUT2D eigenvalue weighted by Crippen LogP contribution is -2.34. The topological polar surface area (TPSA) is 68.5 Å². The van der Waals surface area contributed by atoms with Crippen LogP contribution in [0.15, 0.2) is 59.1 Å². The minimum atomic E-state index is -0.131. The van der Waals surface area contributed by atoms with Gasteiger partial charge in [0.2, 0.25) is 11.7 Å². The van der Waals surface area contributed by atoms with Crippen LogP contribution >= 0.6 is 0 Å². The van der Waals surface area contributed by atoms with Gasteiger partial charge in [0.25, 0.3) is 5.91 Å². The van der Waals surface area contributed by atoms with E-state index in [2.05, 4.69) is 10.1 Å². The Morgan fingerprint density at radius 3 is 2.69 bits per heavy atom. The SMILES string of the molecule is CCN(Cc1nc(-c2ccccc2)no1)C(=O)COc1cccc(C)c1. The van der Waals surface area contributed by atoms with Crippen LogP contribution in [0.2, 0.25) is 0 Å². The van der Waals surface area contributed by atoms with Crippen LogP contribution in [0.1, 0.15) is 18.4 Å². The standard InChI is InChI=1S/C20H21N3O3/c1-3-23(19(24)14-25-17-11-7-8-15(2)12-17)13-18-21-20(22-26-18)16-9-5-4-6-10-16/h4-12H,3,13-14H2,1-2H3. The molecule has 1 amide bonds. The lowest BCUT2D eigenvalue weighted by Gasteiger charge is -2.19. The summed E-state index contributed by atoms with van der Waals surface area (Å²) >= 11 is 0. The molecule has 3 rings (SSSR count). The molecule has 0 spiro atoms. The molecule has 0 aliphatic rings. The molecule has 0 aliphatic carbocycles. The fourth-order valence-electron chi connectivity index (χ4n) is 2.50. The number of nitrogens with zero attached hydrogens (tertiary/aromatic N) is 3. The molecule has 1 heterocycles. The van der Waals surface area contributed by atoms with Crippen LogP contribution in [0, 0.1) is 6.92 Å². The highest BCUT2D eigenvalue weighted by Gasteiger charge is 2.17. The molecule has 0 bridgehead atoms. The first-order chi connectivity index (χ1) is 12.7. The Labute approximate surface area is 152 Å². The smallest absolute Gasteiger partial charge is 0.260 e. The number of likely N-dealkylation sites (N-methyl/N-ethyl adjacent to an activating group) is 1. The molecule has 26 heavy (non-hydrogen) atoms. The average Bonchev–Trinajstić information content (AvgIpc) is 3.13. The molecule has 1 aromatic heterocycles. The summed E-state index contributed by atoms with van der Waals surface area (Å²) in [6.45, 7) is 4.63. The maximum Gasteiger partial charge on any atom is 0.260 e. The van der Waals surface area contributed by atoms with Crippen LogP contribution in [-0.4, -0.2) is 34.1 Å². The summed E-state index contributed by atoms with van der Waals surface area (Å²) in [7, 11) is 0. The van der Waals surface area contributed by atoms with Gasteiger partial charge in [0.15, 0.2) is 6.61 Å². The van der Waals surface area contributed by atoms with E-state index in [9.17, 15) is 4.79 Å². The van der Waals surface area contributed by atoms with Gasteiger partial charge < -0.3 is 14.2 Å². The number of hydrogen-bond donors (Lipinski definition) is 0. The number of ether oxygens (including phenoxy) is 1. The fourth-order valence-corrected chi connectivity index (χ4v) is 2.50. The number of rotatable bonds is 7. The maximum absolute atomic E-state index is 12.4. The van der Waals surface area contributed by atoms with E-state index >= 15 is 0 Å². The zero-order valence-electron chi connectivity index (χ0n) is 14.9. The number of hydrogen-bond acceptors (Lipinski definition) is 5. The number of carbonyl (C=O) groups is 1. The second kappa shape index (κ2) is 8.29. The summed E-state index contributed by atoms with van der Waals surface area (Å²) in [5.41, 5.74) is 1.96. The van der Waals surface area contributed by atoms with Crippen molar-refractivity contribution in [1.29, 1.82) is 0 Å². The van der Waals surface area contributed by atoms with Gasteiger partial charge in [-0.15, -0.1) is 0 Å². The highest BCUT2D eigenvalue weighted by molar-refractivity contribution is 5.77. The van der Waals surface area contributed by atoms with Gasteiger partial charge in [-0.05, 0) is 31.5 Å². The lowest BCUT2D eigenvalue weighted by molar-refractivity contribution is -0.134. The number of carbonyl (C=O) groups excluding carboxylic acids is 1. The Kier molecular flexibility index (Phi) is 5.63. The molecule has 0 atom stereocenters. The molecule has 0 saturated carbocycles. The van der Waals surface area contributed by atoms with E-state index in [1.54, 1.807) is 4.90 Å². The van der Waals surface area contributed by atoms with E-state index in [1.807, 2.05) is 68.4 Å². The van der Waals surface area contributed by atoms with Crippen molar-refractivity contribution in [1.82, 2.24) is 15.0 Å². The van der Waals surface area contributed by atoms with Crippen molar-refractivity contribution in [2.75, 3.05) is 13.2 Å². The van der Waals surface area contributed by atoms with Crippen molar-refractivity contribution in [2.24, 2.45) is 0 Å². The molecule has 0 fully saturated rings. The molecule has 0 saturated heterocycles. The van der Waals surface area contributed by atoms with Crippen molar-refractivity contribution in [3.63, 3.8) is 0 Å². The maximum atomic E-state index is 12.4. The third kappa shape index (κ3) is 4.47. The summed E-state index contributed by atoms with van der Waals surface area (Å²) in [5, 5.41) is 3.98. The van der Waals surface area contributed by atoms with Gasteiger partial charge in [0.1, 0.15) is 12.3 Å². The number of aryl methyl sites for hydroxylation is 1. The van der Waals surface area contributed by atoms with Crippen molar-refractivity contribution in [3.8, 4) is 17.1 Å². The normalized spacial score (nSPS) is 10.5. The molecule has 0 aliphatic heterocycles. The number of amides is 1. The van der Waals surface area contributed by atoms with Crippen molar-refractivity contribution in [3.05, 3.63) is 66.1 Å². The minimum Gasteiger partial charge on any atom is -0.484 e. The Morgan fingerprint density at radius 1 is 1.15 bits per heavy atom. The van der Waals surface area contributed by atoms with Gasteiger partial charge in [0.05, 0.1) is 0 Å². The highest BCUT2D eigenvalue weighted by Crippen LogP contribution is 2.16. The van der Waals surface area contributed by atoms with Crippen LogP contribution in [0.3, 0.4) is 0 Å². The van der Waals surface area contributed by atoms with Crippen LogP contribution in [0.25, 0.3) is 11.4 Å². The summed E-state index contributed by atoms with van der Waals surface area (Å²) in [6.07, 6.45) is 0. The van der Waals surface area contributed by atoms with Crippen LogP contribution in [0.5, 0.6) is 5.75 Å². The molecule has 3 aromatic rings. The lowest BCUT2D eigenvalue weighted by atomic mass is 10.2. The Morgan fingerprint density at radius 2 is 1.96 bits per heavy atom. The highest BCUT2D eigenvalue weighted by atomic mass is 16.5. The van der Waals surface area contributed by atoms with E-state index in [4.69, 9.17) is 9.26 Å². The Hall–Kier alpha value is -3.15. The molecule has 6 heteroatoms. The third-order valence-corrected chi connectivity index (χ3v) is 3.91. The zero-order chi connectivity index (χ0) is 18.4. The second-order valence-electron chi connectivity index (χ2n) is 5.89. The summed E-state index contributed by atoms with van der Waals surface area (Å²) in [4.78, 5) is 18.4. The first-order valence-corrected chi connectivity index (χ1v) is 8.51. The molecule has 0 radical (unpaired) electrons. The molecule has 134 valence electrons. The quantitative estimate of drug-likeness (QED) is 0.652. The third-order valence-electron chi connectivity index (χ3n) is 3.91. The first kappa shape index (κ1) is 17.7. The van der Waals surface area contributed by atoms with Crippen molar-refractivity contribution < 1.29 is 14.1 Å². The Balaban J connectivity index is 1.60. The van der Waals surface area contributed by atoms with Gasteiger partial charge >= 0.3 is 0 Å². The molecule has 0 N–H and O–H groups in total. The van der Waals surface area contributed by atoms with E-state index in [0.29, 0.717) is 24.0 Å². The van der Waals surface area contributed by atoms with E-state index < -0.39 is 0 Å². The summed E-state index contributed by atoms with van der Waals surface area (Å²) in [5.74, 6) is 1.46. The molecule has 6 nitrogen and oxygen atoms in total. The minimum absolute atomic E-state index is 0.0308. The number of aromatic nitrogens is 2. The first-order valence-electron chi connectivity index (χ1n) is 8.51. The van der Waals surface area contributed by atoms with E-state index in [1.165, 1.54) is 0 Å². The van der Waals surface area contributed by atoms with E-state index in [0.717, 1.165) is 11.1 Å². The second-order valence-corrected chi connectivity index (χ2v) is 5.89. The number of benzene rings is 2. The summed E-state index contributed by atoms with van der Waals surface area (Å²) < 4.78 is 10.9. The zero-order valence-corrected chi connectivity index (χ0v) is 14.9. The van der Waals surface area contributed by atoms with Gasteiger partial charge in [-0.1, -0.05) is 47.6 Å². The monoisotopic (exact) mass is 351 g/mol. The Bertz CT molecular complexity index is 862. The van der Waals surface area contributed by atoms with E-state index in [-0.39, 0.29) is 19.1 Å². The molecule has 0 unspecified atom stereocenters. The molecular weight excluding hydrogens is 330 g/mol. The molecule has 2 aromatic carbocycles. The van der Waals surface area contributed by atoms with Crippen molar-refractivity contribution >= 4 is 5.91 Å². The van der Waals surface area contributed by atoms with Crippen molar-refractivity contribution in [2.45, 2.75) is 20.4 Å². The molecular formula is C20H21N3O3. The summed E-state index contributed by atoms with van der Waals surface area (Å²) in [6, 6.07) is 17.2. The predicted octanol–water partition coefficient (Wildman–Crippen LogP) is 3.47. The van der Waals surface area contributed by atoms with Crippen LogP contribution < -0.4 is 4.74 Å². The van der Waals surface area contributed by atoms with Gasteiger partial charge in [-0.25, -0.2) is 0 Å².